The molecule has 0 unspecified atom stereocenters. The third-order valence-corrected chi connectivity index (χ3v) is 7.04. The first-order valence-corrected chi connectivity index (χ1v) is 13.1. The van der Waals surface area contributed by atoms with Crippen LogP contribution in [0.1, 0.15) is 33.6 Å². The number of esters is 1. The lowest BCUT2D eigenvalue weighted by atomic mass is 9.97. The molecule has 0 aliphatic carbocycles. The second-order valence-electron chi connectivity index (χ2n) is 10.1. The summed E-state index contributed by atoms with van der Waals surface area (Å²) in [6.07, 6.45) is 2.03. The average Bonchev–Trinajstić information content (AvgIpc) is 2.85. The first-order chi connectivity index (χ1) is 17.2. The molecule has 0 bridgehead atoms. The van der Waals surface area contributed by atoms with E-state index in [4.69, 9.17) is 32.7 Å². The molecule has 0 spiro atoms. The van der Waals surface area contributed by atoms with Gasteiger partial charge in [0.25, 0.3) is 0 Å². The highest BCUT2D eigenvalue weighted by Gasteiger charge is 2.24. The van der Waals surface area contributed by atoms with Gasteiger partial charge in [-0.3, -0.25) is 9.69 Å². The molecule has 192 valence electrons. The number of carbonyl (C=O) groups is 1. The van der Waals surface area contributed by atoms with Crippen molar-refractivity contribution in [1.82, 2.24) is 9.88 Å². The Labute approximate surface area is 223 Å². The summed E-state index contributed by atoms with van der Waals surface area (Å²) in [5.41, 5.74) is 1.17. The molecule has 3 aromatic rings. The molecule has 2 aromatic carbocycles. The molecule has 0 saturated carbocycles. The number of ether oxygens (including phenoxy) is 2. The number of aromatic nitrogens is 1. The zero-order valence-corrected chi connectivity index (χ0v) is 22.6. The predicted molar refractivity (Wildman–Crippen MR) is 147 cm³/mol. The molecule has 1 fully saturated rings. The van der Waals surface area contributed by atoms with E-state index in [0.29, 0.717) is 22.5 Å². The molecule has 0 N–H and O–H groups in total. The van der Waals surface area contributed by atoms with E-state index in [1.54, 1.807) is 6.07 Å². The third kappa shape index (κ3) is 6.81. The van der Waals surface area contributed by atoms with Crippen LogP contribution in [0.4, 0.5) is 5.69 Å². The van der Waals surface area contributed by atoms with E-state index in [1.165, 1.54) is 0 Å². The lowest BCUT2D eigenvalue weighted by Gasteiger charge is -2.36. The number of piperazine rings is 1. The van der Waals surface area contributed by atoms with E-state index < -0.39 is 5.41 Å². The Morgan fingerprint density at radius 2 is 1.75 bits per heavy atom. The number of fused-ring (bicyclic) bond motifs is 1. The number of anilines is 1. The van der Waals surface area contributed by atoms with Gasteiger partial charge in [0.1, 0.15) is 5.75 Å². The number of carbonyl (C=O) groups excluding carboxylic acids is 1. The largest absolute Gasteiger partial charge is 0.494 e. The summed E-state index contributed by atoms with van der Waals surface area (Å²) in [4.78, 5) is 21.4. The van der Waals surface area contributed by atoms with Crippen molar-refractivity contribution in [3.63, 3.8) is 0 Å². The van der Waals surface area contributed by atoms with Crippen molar-refractivity contribution >= 4 is 45.8 Å². The maximum Gasteiger partial charge on any atom is 0.317 e. The van der Waals surface area contributed by atoms with Crippen molar-refractivity contribution in [2.75, 3.05) is 44.2 Å². The molecule has 8 heteroatoms. The number of nitrogens with zero attached hydrogens (tertiary/aromatic N) is 3. The Hall–Kier alpha value is -2.54. The summed E-state index contributed by atoms with van der Waals surface area (Å²) in [5, 5.41) is 2.20. The monoisotopic (exact) mass is 529 g/mol. The summed E-state index contributed by atoms with van der Waals surface area (Å²) < 4.78 is 11.4. The van der Waals surface area contributed by atoms with Gasteiger partial charge in [0.2, 0.25) is 5.88 Å². The molecule has 6 nitrogen and oxygen atoms in total. The molecule has 1 saturated heterocycles. The van der Waals surface area contributed by atoms with Crippen molar-refractivity contribution in [1.29, 1.82) is 0 Å². The van der Waals surface area contributed by atoms with Crippen molar-refractivity contribution in [3.05, 3.63) is 58.6 Å². The van der Waals surface area contributed by atoms with Gasteiger partial charge in [-0.15, -0.1) is 0 Å². The Morgan fingerprint density at radius 3 is 2.50 bits per heavy atom. The first kappa shape index (κ1) is 26.5. The summed E-state index contributed by atoms with van der Waals surface area (Å²) in [5.74, 6) is 0.759. The van der Waals surface area contributed by atoms with Gasteiger partial charge in [-0.1, -0.05) is 29.3 Å². The number of unbranched alkanes of at least 4 members (excludes halogenated alkanes) is 1. The molecule has 2 heterocycles. The van der Waals surface area contributed by atoms with E-state index in [0.717, 1.165) is 67.9 Å². The smallest absolute Gasteiger partial charge is 0.317 e. The standard InChI is InChI=1S/C28H33Cl2N3O3/c1-28(2,3)27(34)36-25-12-10-20-9-11-21(19-23(20)31-25)35-18-5-4-13-32-14-16-33(17-15-32)24-8-6-7-22(29)26(24)30/h6-12,19H,4-5,13-18H2,1-3H3. The van der Waals surface area contributed by atoms with Crippen LogP contribution in [0.25, 0.3) is 10.9 Å². The minimum absolute atomic E-state index is 0.303. The molecule has 0 atom stereocenters. The van der Waals surface area contributed by atoms with Crippen molar-refractivity contribution < 1.29 is 14.3 Å². The number of pyridine rings is 1. The van der Waals surface area contributed by atoms with Crippen LogP contribution in [0.15, 0.2) is 48.5 Å². The minimum Gasteiger partial charge on any atom is -0.494 e. The lowest BCUT2D eigenvalue weighted by Crippen LogP contribution is -2.46. The van der Waals surface area contributed by atoms with Crippen molar-refractivity contribution in [2.45, 2.75) is 33.6 Å². The van der Waals surface area contributed by atoms with Gasteiger partial charge in [0.15, 0.2) is 0 Å². The second kappa shape index (κ2) is 11.7. The van der Waals surface area contributed by atoms with Gasteiger partial charge < -0.3 is 14.4 Å². The molecule has 36 heavy (non-hydrogen) atoms. The molecule has 4 rings (SSSR count). The predicted octanol–water partition coefficient (Wildman–Crippen LogP) is 6.47. The maximum absolute atomic E-state index is 12.2. The Morgan fingerprint density at radius 1 is 1.00 bits per heavy atom. The highest BCUT2D eigenvalue weighted by molar-refractivity contribution is 6.43. The van der Waals surface area contributed by atoms with Gasteiger partial charge in [-0.2, -0.15) is 0 Å². The molecule has 1 aromatic heterocycles. The SMILES string of the molecule is CC(C)(C)C(=O)Oc1ccc2ccc(OCCCCN3CCN(c4cccc(Cl)c4Cl)CC3)cc2n1. The summed E-state index contributed by atoms with van der Waals surface area (Å²) in [6, 6.07) is 15.2. The van der Waals surface area contributed by atoms with E-state index >= 15 is 0 Å². The van der Waals surface area contributed by atoms with Crippen LogP contribution >= 0.6 is 23.2 Å². The first-order valence-electron chi connectivity index (χ1n) is 12.4. The molecular weight excluding hydrogens is 497 g/mol. The fourth-order valence-electron chi connectivity index (χ4n) is 4.05. The zero-order chi connectivity index (χ0) is 25.7. The number of hydrogen-bond acceptors (Lipinski definition) is 6. The number of hydrogen-bond donors (Lipinski definition) is 0. The van der Waals surface area contributed by atoms with Crippen LogP contribution < -0.4 is 14.4 Å². The zero-order valence-electron chi connectivity index (χ0n) is 21.1. The number of benzene rings is 2. The van der Waals surface area contributed by atoms with Crippen LogP contribution in [0.3, 0.4) is 0 Å². The van der Waals surface area contributed by atoms with Gasteiger partial charge in [0, 0.05) is 43.7 Å². The van der Waals surface area contributed by atoms with Crippen LogP contribution in [0.2, 0.25) is 10.0 Å². The van der Waals surface area contributed by atoms with Gasteiger partial charge >= 0.3 is 5.97 Å². The van der Waals surface area contributed by atoms with Gasteiger partial charge in [-0.25, -0.2) is 4.98 Å². The number of rotatable bonds is 8. The lowest BCUT2D eigenvalue weighted by molar-refractivity contribution is -0.143. The van der Waals surface area contributed by atoms with E-state index in [1.807, 2.05) is 63.2 Å². The van der Waals surface area contributed by atoms with E-state index in [-0.39, 0.29) is 5.97 Å². The van der Waals surface area contributed by atoms with Crippen molar-refractivity contribution in [2.24, 2.45) is 5.41 Å². The average molecular weight is 530 g/mol. The minimum atomic E-state index is -0.584. The highest BCUT2D eigenvalue weighted by Crippen LogP contribution is 2.33. The fraction of sp³-hybridized carbons (Fsp3) is 0.429. The normalized spacial score (nSPS) is 14.8. The Balaban J connectivity index is 1.20. The Bertz CT molecular complexity index is 1200. The van der Waals surface area contributed by atoms with Crippen molar-refractivity contribution in [3.8, 4) is 11.6 Å². The van der Waals surface area contributed by atoms with E-state index in [2.05, 4.69) is 14.8 Å². The van der Waals surface area contributed by atoms with Crippen LogP contribution in [0.5, 0.6) is 11.6 Å². The maximum atomic E-state index is 12.2. The quantitative estimate of drug-likeness (QED) is 0.246. The summed E-state index contributed by atoms with van der Waals surface area (Å²) in [7, 11) is 0. The highest BCUT2D eigenvalue weighted by atomic mass is 35.5. The van der Waals surface area contributed by atoms with Crippen LogP contribution in [-0.2, 0) is 4.79 Å². The van der Waals surface area contributed by atoms with Crippen LogP contribution in [-0.4, -0.2) is 55.2 Å². The van der Waals surface area contributed by atoms with Gasteiger partial charge in [0.05, 0.1) is 33.3 Å². The molecule has 1 aliphatic rings. The molecular formula is C28H33Cl2N3O3. The van der Waals surface area contributed by atoms with E-state index in [9.17, 15) is 4.79 Å². The van der Waals surface area contributed by atoms with Gasteiger partial charge in [-0.05, 0) is 70.5 Å². The fourth-order valence-corrected chi connectivity index (χ4v) is 4.46. The van der Waals surface area contributed by atoms with Crippen LogP contribution in [0, 0.1) is 5.41 Å². The summed E-state index contributed by atoms with van der Waals surface area (Å²) in [6.45, 7) is 11.0. The topological polar surface area (TPSA) is 54.9 Å². The molecule has 1 aliphatic heterocycles. The second-order valence-corrected chi connectivity index (χ2v) is 10.9. The molecule has 0 amide bonds. The Kier molecular flexibility index (Phi) is 8.60. The number of halogens is 2. The molecule has 0 radical (unpaired) electrons. The summed E-state index contributed by atoms with van der Waals surface area (Å²) >= 11 is 12.6. The third-order valence-electron chi connectivity index (χ3n) is 6.23.